The van der Waals surface area contributed by atoms with Crippen molar-refractivity contribution >= 4 is 5.97 Å². The third-order valence-electron chi connectivity index (χ3n) is 2.47. The van der Waals surface area contributed by atoms with Crippen LogP contribution in [0.1, 0.15) is 33.7 Å². The molecule has 0 radical (unpaired) electrons. The predicted octanol–water partition coefficient (Wildman–Crippen LogP) is 1.58. The molecule has 0 aromatic carbocycles. The molecule has 0 fully saturated rings. The maximum Gasteiger partial charge on any atom is 0.337 e. The molecule has 0 unspecified atom stereocenters. The lowest BCUT2D eigenvalue weighted by atomic mass is 10.1. The Labute approximate surface area is 76.4 Å². The molecule has 0 spiro atoms. The van der Waals surface area contributed by atoms with E-state index in [2.05, 4.69) is 4.98 Å². The minimum Gasteiger partial charge on any atom is -0.478 e. The lowest BCUT2D eigenvalue weighted by Gasteiger charge is -2.03. The summed E-state index contributed by atoms with van der Waals surface area (Å²) in [4.78, 5) is 15.1. The van der Waals surface area contributed by atoms with Crippen LogP contribution in [0.5, 0.6) is 0 Å². The molecule has 1 aromatic rings. The number of carboxylic acid groups (broad SMARTS) is 1. The molecule has 0 amide bonds. The van der Waals surface area contributed by atoms with E-state index in [1.54, 1.807) is 13.0 Å². The third-order valence-corrected chi connectivity index (χ3v) is 2.47. The van der Waals surface area contributed by atoms with Crippen molar-refractivity contribution < 1.29 is 9.90 Å². The number of fused-ring (bicyclic) bond motifs is 1. The Morgan fingerprint density at radius 2 is 2.31 bits per heavy atom. The van der Waals surface area contributed by atoms with Gasteiger partial charge in [-0.2, -0.15) is 0 Å². The normalized spacial score (nSPS) is 14.2. The van der Waals surface area contributed by atoms with Gasteiger partial charge in [0, 0.05) is 5.69 Å². The fourth-order valence-corrected chi connectivity index (χ4v) is 1.79. The molecule has 1 aromatic heterocycles. The summed E-state index contributed by atoms with van der Waals surface area (Å²) in [6.07, 6.45) is 3.07. The predicted molar refractivity (Wildman–Crippen MR) is 48.0 cm³/mol. The van der Waals surface area contributed by atoms with Crippen molar-refractivity contribution in [3.8, 4) is 0 Å². The van der Waals surface area contributed by atoms with Gasteiger partial charge in [-0.1, -0.05) is 0 Å². The number of hydrogen-bond donors (Lipinski definition) is 1. The van der Waals surface area contributed by atoms with Crippen molar-refractivity contribution in [2.24, 2.45) is 0 Å². The van der Waals surface area contributed by atoms with Gasteiger partial charge in [-0.25, -0.2) is 4.79 Å². The molecule has 0 saturated carbocycles. The average Bonchev–Trinajstić information content (AvgIpc) is 2.48. The molecule has 0 atom stereocenters. The van der Waals surface area contributed by atoms with Crippen LogP contribution in [0.4, 0.5) is 0 Å². The average molecular weight is 177 g/mol. The number of pyridine rings is 1. The summed E-state index contributed by atoms with van der Waals surface area (Å²) in [7, 11) is 0. The zero-order valence-electron chi connectivity index (χ0n) is 7.50. The van der Waals surface area contributed by atoms with E-state index >= 15 is 0 Å². The first kappa shape index (κ1) is 8.23. The van der Waals surface area contributed by atoms with E-state index in [1.165, 1.54) is 0 Å². The van der Waals surface area contributed by atoms with Gasteiger partial charge in [0.2, 0.25) is 0 Å². The molecule has 0 aliphatic heterocycles. The van der Waals surface area contributed by atoms with Crippen molar-refractivity contribution in [2.45, 2.75) is 26.2 Å². The Balaban J connectivity index is 2.55. The zero-order valence-corrected chi connectivity index (χ0v) is 7.50. The lowest BCUT2D eigenvalue weighted by molar-refractivity contribution is 0.0695. The fourth-order valence-electron chi connectivity index (χ4n) is 1.79. The van der Waals surface area contributed by atoms with Gasteiger partial charge < -0.3 is 5.11 Å². The molecule has 13 heavy (non-hydrogen) atoms. The van der Waals surface area contributed by atoms with Crippen LogP contribution in [0, 0.1) is 6.92 Å². The van der Waals surface area contributed by atoms with E-state index in [1.807, 2.05) is 0 Å². The highest BCUT2D eigenvalue weighted by atomic mass is 16.4. The Kier molecular flexibility index (Phi) is 1.79. The SMILES string of the molecule is Cc1nc2c(cc1C(=O)O)CCC2. The highest BCUT2D eigenvalue weighted by molar-refractivity contribution is 5.89. The van der Waals surface area contributed by atoms with Gasteiger partial charge in [-0.05, 0) is 37.8 Å². The summed E-state index contributed by atoms with van der Waals surface area (Å²) in [5, 5.41) is 8.86. The molecule has 3 nitrogen and oxygen atoms in total. The van der Waals surface area contributed by atoms with Crippen molar-refractivity contribution in [3.05, 3.63) is 28.6 Å². The van der Waals surface area contributed by atoms with Gasteiger partial charge in [0.05, 0.1) is 11.3 Å². The van der Waals surface area contributed by atoms with Crippen LogP contribution in [0.25, 0.3) is 0 Å². The first-order valence-corrected chi connectivity index (χ1v) is 4.41. The minimum atomic E-state index is -0.875. The van der Waals surface area contributed by atoms with Crippen LogP contribution in [0.15, 0.2) is 6.07 Å². The van der Waals surface area contributed by atoms with E-state index in [0.29, 0.717) is 11.3 Å². The number of hydrogen-bond acceptors (Lipinski definition) is 2. The van der Waals surface area contributed by atoms with E-state index < -0.39 is 5.97 Å². The van der Waals surface area contributed by atoms with Crippen LogP contribution in [-0.2, 0) is 12.8 Å². The van der Waals surface area contributed by atoms with Crippen LogP contribution < -0.4 is 0 Å². The van der Waals surface area contributed by atoms with Crippen LogP contribution in [-0.4, -0.2) is 16.1 Å². The number of nitrogens with zero attached hydrogens (tertiary/aromatic N) is 1. The van der Waals surface area contributed by atoms with Gasteiger partial charge >= 0.3 is 5.97 Å². The van der Waals surface area contributed by atoms with Crippen LogP contribution >= 0.6 is 0 Å². The largest absolute Gasteiger partial charge is 0.478 e. The zero-order chi connectivity index (χ0) is 9.42. The first-order valence-electron chi connectivity index (χ1n) is 4.41. The molecule has 1 heterocycles. The molecule has 0 saturated heterocycles. The Hall–Kier alpha value is -1.38. The third kappa shape index (κ3) is 1.30. The van der Waals surface area contributed by atoms with Crippen molar-refractivity contribution in [2.75, 3.05) is 0 Å². The second-order valence-corrected chi connectivity index (χ2v) is 3.39. The fraction of sp³-hybridized carbons (Fsp3) is 0.400. The van der Waals surface area contributed by atoms with Crippen LogP contribution in [0.3, 0.4) is 0 Å². The maximum atomic E-state index is 10.8. The second-order valence-electron chi connectivity index (χ2n) is 3.39. The Morgan fingerprint density at radius 3 is 3.00 bits per heavy atom. The van der Waals surface area contributed by atoms with E-state index in [-0.39, 0.29) is 0 Å². The smallest absolute Gasteiger partial charge is 0.337 e. The topological polar surface area (TPSA) is 50.2 Å². The van der Waals surface area contributed by atoms with E-state index in [0.717, 1.165) is 30.5 Å². The minimum absolute atomic E-state index is 0.348. The van der Waals surface area contributed by atoms with Gasteiger partial charge in [-0.15, -0.1) is 0 Å². The molecule has 0 bridgehead atoms. The molecular weight excluding hydrogens is 166 g/mol. The van der Waals surface area contributed by atoms with Gasteiger partial charge in [-0.3, -0.25) is 4.98 Å². The highest BCUT2D eigenvalue weighted by Crippen LogP contribution is 2.22. The molecule has 1 aliphatic carbocycles. The standard InChI is InChI=1S/C10H11NO2/c1-6-8(10(12)13)5-7-3-2-4-9(7)11-6/h5H,2-4H2,1H3,(H,12,13). The Morgan fingerprint density at radius 1 is 1.54 bits per heavy atom. The summed E-state index contributed by atoms with van der Waals surface area (Å²) in [5.41, 5.74) is 3.18. The van der Waals surface area contributed by atoms with E-state index in [4.69, 9.17) is 5.11 Å². The first-order chi connectivity index (χ1) is 6.18. The number of aromatic nitrogens is 1. The highest BCUT2D eigenvalue weighted by Gasteiger charge is 2.17. The summed E-state index contributed by atoms with van der Waals surface area (Å²) in [6, 6.07) is 1.77. The maximum absolute atomic E-state index is 10.8. The van der Waals surface area contributed by atoms with E-state index in [9.17, 15) is 4.79 Å². The molecule has 2 rings (SSSR count). The monoisotopic (exact) mass is 177 g/mol. The van der Waals surface area contributed by atoms with Gasteiger partial charge in [0.15, 0.2) is 0 Å². The number of aryl methyl sites for hydroxylation is 3. The molecule has 68 valence electrons. The van der Waals surface area contributed by atoms with Crippen LogP contribution in [0.2, 0.25) is 0 Å². The summed E-state index contributed by atoms with van der Waals surface area (Å²) in [5.74, 6) is -0.875. The molecule has 1 N–H and O–H groups in total. The molecule has 1 aliphatic rings. The van der Waals surface area contributed by atoms with Crippen molar-refractivity contribution in [1.29, 1.82) is 0 Å². The lowest BCUT2D eigenvalue weighted by Crippen LogP contribution is -2.04. The second kappa shape index (κ2) is 2.83. The number of carbonyl (C=O) groups is 1. The van der Waals surface area contributed by atoms with Gasteiger partial charge in [0.25, 0.3) is 0 Å². The summed E-state index contributed by atoms with van der Waals surface area (Å²) >= 11 is 0. The van der Waals surface area contributed by atoms with Crippen molar-refractivity contribution in [1.82, 2.24) is 4.98 Å². The number of rotatable bonds is 1. The van der Waals surface area contributed by atoms with Gasteiger partial charge in [0.1, 0.15) is 0 Å². The quantitative estimate of drug-likeness (QED) is 0.708. The summed E-state index contributed by atoms with van der Waals surface area (Å²) in [6.45, 7) is 1.75. The molecule has 3 heteroatoms. The summed E-state index contributed by atoms with van der Waals surface area (Å²) < 4.78 is 0. The van der Waals surface area contributed by atoms with Crippen molar-refractivity contribution in [3.63, 3.8) is 0 Å². The molecular formula is C10H11NO2. The number of aromatic carboxylic acids is 1. The Bertz CT molecular complexity index is 371. The number of carboxylic acids is 1.